The van der Waals surface area contributed by atoms with E-state index in [1.54, 1.807) is 55.6 Å². The van der Waals surface area contributed by atoms with Gasteiger partial charge in [-0.2, -0.15) is 0 Å². The highest BCUT2D eigenvalue weighted by molar-refractivity contribution is 6.30. The van der Waals surface area contributed by atoms with Crippen LogP contribution in [0.2, 0.25) is 5.02 Å². The van der Waals surface area contributed by atoms with Crippen LogP contribution in [-0.2, 0) is 14.3 Å². The summed E-state index contributed by atoms with van der Waals surface area (Å²) in [5.74, 6) is -1.55. The van der Waals surface area contributed by atoms with Gasteiger partial charge in [-0.1, -0.05) is 23.7 Å². The van der Waals surface area contributed by atoms with Crippen LogP contribution in [-0.4, -0.2) is 26.1 Å². The Hall–Kier alpha value is -2.53. The van der Waals surface area contributed by atoms with Crippen LogP contribution in [0.25, 0.3) is 0 Å². The molecule has 0 bridgehead atoms. The van der Waals surface area contributed by atoms with Gasteiger partial charge in [0.1, 0.15) is 5.75 Å². The minimum atomic E-state index is -1.07. The monoisotopic (exact) mass is 333 g/mol. The molecule has 0 aliphatic carbocycles. The number of anilines is 1. The molecule has 0 aliphatic rings. The lowest BCUT2D eigenvalue weighted by Gasteiger charge is -2.15. The number of benzene rings is 2. The predicted octanol–water partition coefficient (Wildman–Crippen LogP) is 3.24. The number of methoxy groups -OCH3 is 2. The van der Waals surface area contributed by atoms with Crippen molar-refractivity contribution in [3.05, 3.63) is 59.1 Å². The molecule has 0 fully saturated rings. The van der Waals surface area contributed by atoms with E-state index in [-0.39, 0.29) is 0 Å². The number of rotatable bonds is 5. The van der Waals surface area contributed by atoms with Gasteiger partial charge in [0, 0.05) is 10.7 Å². The Morgan fingerprint density at radius 3 is 2.13 bits per heavy atom. The van der Waals surface area contributed by atoms with Crippen LogP contribution in [0, 0.1) is 0 Å². The molecule has 0 aliphatic heterocycles. The lowest BCUT2D eigenvalue weighted by molar-refractivity contribution is -0.145. The Kier molecular flexibility index (Phi) is 5.60. The number of hydrogen-bond acceptors (Lipinski definition) is 4. The predicted molar refractivity (Wildman–Crippen MR) is 87.8 cm³/mol. The maximum atomic E-state index is 12.5. The number of amides is 1. The molecule has 0 radical (unpaired) electrons. The van der Waals surface area contributed by atoms with Crippen molar-refractivity contribution in [3.63, 3.8) is 0 Å². The van der Waals surface area contributed by atoms with E-state index in [1.807, 2.05) is 0 Å². The zero-order valence-electron chi connectivity index (χ0n) is 12.7. The first-order valence-corrected chi connectivity index (χ1v) is 7.21. The summed E-state index contributed by atoms with van der Waals surface area (Å²) in [7, 11) is 2.79. The topological polar surface area (TPSA) is 64.6 Å². The van der Waals surface area contributed by atoms with Gasteiger partial charge in [0.25, 0.3) is 0 Å². The normalized spacial score (nSPS) is 11.4. The third-order valence-corrected chi connectivity index (χ3v) is 3.51. The van der Waals surface area contributed by atoms with Gasteiger partial charge in [-0.3, -0.25) is 9.59 Å². The molecule has 0 aromatic heterocycles. The van der Waals surface area contributed by atoms with E-state index in [1.165, 1.54) is 7.11 Å². The van der Waals surface area contributed by atoms with E-state index < -0.39 is 17.8 Å². The summed E-state index contributed by atoms with van der Waals surface area (Å²) in [6, 6.07) is 13.3. The van der Waals surface area contributed by atoms with Crippen LogP contribution in [0.5, 0.6) is 5.75 Å². The third kappa shape index (κ3) is 4.23. The van der Waals surface area contributed by atoms with E-state index in [9.17, 15) is 9.59 Å². The van der Waals surface area contributed by atoms with Gasteiger partial charge in [0.2, 0.25) is 5.91 Å². The van der Waals surface area contributed by atoms with E-state index >= 15 is 0 Å². The van der Waals surface area contributed by atoms with Gasteiger partial charge >= 0.3 is 5.97 Å². The first kappa shape index (κ1) is 16.8. The first-order chi connectivity index (χ1) is 11.0. The van der Waals surface area contributed by atoms with Crippen molar-refractivity contribution < 1.29 is 19.1 Å². The first-order valence-electron chi connectivity index (χ1n) is 6.83. The lowest BCUT2D eigenvalue weighted by Crippen LogP contribution is -2.28. The largest absolute Gasteiger partial charge is 0.497 e. The highest BCUT2D eigenvalue weighted by Gasteiger charge is 2.29. The maximum Gasteiger partial charge on any atom is 0.322 e. The number of nitrogens with one attached hydrogen (secondary N) is 1. The second-order valence-corrected chi connectivity index (χ2v) is 5.16. The van der Waals surface area contributed by atoms with Crippen LogP contribution in [0.1, 0.15) is 11.5 Å². The summed E-state index contributed by atoms with van der Waals surface area (Å²) >= 11 is 5.81. The standard InChI is InChI=1S/C17H16ClNO4/c1-22-14-9-3-11(4-10-14)15(17(21)23-2)16(20)19-13-7-5-12(18)6-8-13/h3-10,15H,1-2H3,(H,19,20). The molecule has 1 unspecified atom stereocenters. The van der Waals surface area contributed by atoms with Crippen molar-refractivity contribution in [1.29, 1.82) is 0 Å². The summed E-state index contributed by atoms with van der Waals surface area (Å²) in [5.41, 5.74) is 1.06. The van der Waals surface area contributed by atoms with Gasteiger partial charge in [0.05, 0.1) is 14.2 Å². The SMILES string of the molecule is COC(=O)C(C(=O)Nc1ccc(Cl)cc1)c1ccc(OC)cc1. The van der Waals surface area contributed by atoms with E-state index in [2.05, 4.69) is 5.32 Å². The Bertz CT molecular complexity index is 683. The van der Waals surface area contributed by atoms with Crippen LogP contribution < -0.4 is 10.1 Å². The molecule has 23 heavy (non-hydrogen) atoms. The number of carbonyl (C=O) groups excluding carboxylic acids is 2. The van der Waals surface area contributed by atoms with Gasteiger partial charge in [-0.25, -0.2) is 0 Å². The van der Waals surface area contributed by atoms with Gasteiger partial charge in [-0.05, 0) is 42.0 Å². The number of hydrogen-bond donors (Lipinski definition) is 1. The molecule has 5 nitrogen and oxygen atoms in total. The fraction of sp³-hybridized carbons (Fsp3) is 0.176. The molecule has 0 saturated carbocycles. The highest BCUT2D eigenvalue weighted by atomic mass is 35.5. The van der Waals surface area contributed by atoms with E-state index in [0.717, 1.165) is 0 Å². The van der Waals surface area contributed by atoms with Crippen LogP contribution in [0.4, 0.5) is 5.69 Å². The molecule has 1 N–H and O–H groups in total. The van der Waals surface area contributed by atoms with Crippen LogP contribution in [0.15, 0.2) is 48.5 Å². The summed E-state index contributed by atoms with van der Waals surface area (Å²) < 4.78 is 9.82. The Morgan fingerprint density at radius 1 is 1.00 bits per heavy atom. The molecular weight excluding hydrogens is 318 g/mol. The Labute approximate surface area is 139 Å². The Balaban J connectivity index is 2.24. The number of esters is 1. The summed E-state index contributed by atoms with van der Waals surface area (Å²) in [5, 5.41) is 3.24. The van der Waals surface area contributed by atoms with Crippen molar-refractivity contribution in [2.24, 2.45) is 0 Å². The molecule has 120 valence electrons. The minimum Gasteiger partial charge on any atom is -0.497 e. The average Bonchev–Trinajstić information content (AvgIpc) is 2.57. The Morgan fingerprint density at radius 2 is 1.61 bits per heavy atom. The van der Waals surface area contributed by atoms with Crippen molar-refractivity contribution >= 4 is 29.2 Å². The second kappa shape index (κ2) is 7.65. The number of ether oxygens (including phenoxy) is 2. The van der Waals surface area contributed by atoms with Crippen LogP contribution in [0.3, 0.4) is 0 Å². The average molecular weight is 334 g/mol. The molecule has 6 heteroatoms. The molecule has 1 amide bonds. The van der Waals surface area contributed by atoms with Gasteiger partial charge < -0.3 is 14.8 Å². The van der Waals surface area contributed by atoms with Crippen molar-refractivity contribution in [2.45, 2.75) is 5.92 Å². The van der Waals surface area contributed by atoms with Crippen LogP contribution >= 0.6 is 11.6 Å². The molecule has 0 saturated heterocycles. The quantitative estimate of drug-likeness (QED) is 0.674. The highest BCUT2D eigenvalue weighted by Crippen LogP contribution is 2.23. The summed E-state index contributed by atoms with van der Waals surface area (Å²) in [6.45, 7) is 0. The molecule has 1 atom stereocenters. The van der Waals surface area contributed by atoms with Gasteiger partial charge in [-0.15, -0.1) is 0 Å². The lowest BCUT2D eigenvalue weighted by atomic mass is 9.98. The fourth-order valence-electron chi connectivity index (χ4n) is 2.06. The molecule has 0 heterocycles. The van der Waals surface area contributed by atoms with E-state index in [4.69, 9.17) is 21.1 Å². The molecule has 2 aromatic carbocycles. The maximum absolute atomic E-state index is 12.5. The van der Waals surface area contributed by atoms with Gasteiger partial charge in [0.15, 0.2) is 5.92 Å². The fourth-order valence-corrected chi connectivity index (χ4v) is 2.18. The molecule has 2 aromatic rings. The zero-order valence-corrected chi connectivity index (χ0v) is 13.5. The third-order valence-electron chi connectivity index (χ3n) is 3.26. The number of carbonyl (C=O) groups is 2. The minimum absolute atomic E-state index is 0.482. The van der Waals surface area contributed by atoms with Crippen molar-refractivity contribution in [3.8, 4) is 5.75 Å². The zero-order chi connectivity index (χ0) is 16.8. The van der Waals surface area contributed by atoms with Crippen molar-refractivity contribution in [2.75, 3.05) is 19.5 Å². The van der Waals surface area contributed by atoms with E-state index in [0.29, 0.717) is 22.0 Å². The summed E-state index contributed by atoms with van der Waals surface area (Å²) in [4.78, 5) is 24.5. The number of halogens is 1. The van der Waals surface area contributed by atoms with Crippen molar-refractivity contribution in [1.82, 2.24) is 0 Å². The smallest absolute Gasteiger partial charge is 0.322 e. The molecule has 0 spiro atoms. The molecule has 2 rings (SSSR count). The second-order valence-electron chi connectivity index (χ2n) is 4.73. The molecular formula is C17H16ClNO4. The summed E-state index contributed by atoms with van der Waals surface area (Å²) in [6.07, 6.45) is 0.